The third kappa shape index (κ3) is 2.21. The molecule has 0 saturated carbocycles. The quantitative estimate of drug-likeness (QED) is 0.749. The number of carbonyl (C=O) groups is 1. The van der Waals surface area contributed by atoms with E-state index >= 15 is 0 Å². The van der Waals surface area contributed by atoms with Crippen molar-refractivity contribution in [1.29, 1.82) is 0 Å². The van der Waals surface area contributed by atoms with E-state index in [1.807, 2.05) is 30.3 Å². The van der Waals surface area contributed by atoms with Gasteiger partial charge in [0, 0.05) is 5.56 Å². The molecule has 98 valence electrons. The second-order valence-corrected chi connectivity index (χ2v) is 3.85. The Hall–Kier alpha value is -3.16. The van der Waals surface area contributed by atoms with Crippen LogP contribution < -0.4 is 0 Å². The van der Waals surface area contributed by atoms with Crippen molar-refractivity contribution in [3.05, 3.63) is 48.2 Å². The smallest absolute Gasteiger partial charge is 0.356 e. The Bertz CT molecular complexity index is 738. The van der Waals surface area contributed by atoms with Crippen LogP contribution in [0.3, 0.4) is 0 Å². The van der Waals surface area contributed by atoms with Crippen LogP contribution in [0.25, 0.3) is 17.2 Å². The minimum atomic E-state index is -1.14. The summed E-state index contributed by atoms with van der Waals surface area (Å²) in [4.78, 5) is 11.9. The summed E-state index contributed by atoms with van der Waals surface area (Å²) in [6.45, 7) is 0. The lowest BCUT2D eigenvalue weighted by atomic mass is 10.2. The summed E-state index contributed by atoms with van der Waals surface area (Å²) >= 11 is 0. The number of hydrogen-bond acceptors (Lipinski definition) is 6. The molecule has 0 spiro atoms. The summed E-state index contributed by atoms with van der Waals surface area (Å²) in [5.41, 5.74) is 0.686. The molecule has 0 radical (unpaired) electrons. The lowest BCUT2D eigenvalue weighted by molar-refractivity contribution is 0.0689. The molecule has 8 nitrogen and oxygen atoms in total. The van der Waals surface area contributed by atoms with Gasteiger partial charge in [-0.25, -0.2) is 4.79 Å². The number of aromatic nitrogens is 6. The molecule has 0 aliphatic rings. The maximum atomic E-state index is 10.7. The van der Waals surface area contributed by atoms with Crippen LogP contribution >= 0.6 is 0 Å². The molecule has 0 aliphatic heterocycles. The first kappa shape index (κ1) is 11.9. The first-order valence-electron chi connectivity index (χ1n) is 5.67. The Balaban J connectivity index is 1.92. The van der Waals surface area contributed by atoms with Gasteiger partial charge in [-0.05, 0) is 17.3 Å². The van der Waals surface area contributed by atoms with Crippen molar-refractivity contribution >= 4 is 5.97 Å². The maximum absolute atomic E-state index is 10.7. The van der Waals surface area contributed by atoms with E-state index in [1.165, 1.54) is 16.9 Å². The Morgan fingerprint density at radius 2 is 1.80 bits per heavy atom. The highest BCUT2D eigenvalue weighted by Gasteiger charge is 2.10. The predicted octanol–water partition coefficient (Wildman–Crippen LogP) is 0.817. The van der Waals surface area contributed by atoms with Gasteiger partial charge in [0.15, 0.2) is 11.5 Å². The van der Waals surface area contributed by atoms with Gasteiger partial charge >= 0.3 is 5.97 Å². The van der Waals surface area contributed by atoms with Crippen LogP contribution in [-0.4, -0.2) is 41.5 Å². The molecule has 0 amide bonds. The third-order valence-electron chi connectivity index (χ3n) is 2.52. The Morgan fingerprint density at radius 1 is 1.00 bits per heavy atom. The number of carboxylic acids is 1. The van der Waals surface area contributed by atoms with Crippen molar-refractivity contribution in [2.45, 2.75) is 0 Å². The van der Waals surface area contributed by atoms with Crippen LogP contribution in [0.2, 0.25) is 0 Å². The van der Waals surface area contributed by atoms with Gasteiger partial charge in [0.25, 0.3) is 0 Å². The van der Waals surface area contributed by atoms with Gasteiger partial charge in [-0.2, -0.15) is 0 Å². The number of benzene rings is 1. The Labute approximate surface area is 112 Å². The zero-order valence-corrected chi connectivity index (χ0v) is 10.1. The molecule has 8 heteroatoms. The molecule has 0 fully saturated rings. The molecule has 3 rings (SSSR count). The second-order valence-electron chi connectivity index (χ2n) is 3.85. The normalized spacial score (nSPS) is 10.4. The van der Waals surface area contributed by atoms with Crippen molar-refractivity contribution in [1.82, 2.24) is 30.4 Å². The van der Waals surface area contributed by atoms with Crippen molar-refractivity contribution in [3.63, 3.8) is 0 Å². The van der Waals surface area contributed by atoms with E-state index in [2.05, 4.69) is 25.6 Å². The van der Waals surface area contributed by atoms with E-state index in [9.17, 15) is 4.79 Å². The SMILES string of the molecule is O=C(O)c1ccc(-n2nnc(-c3ccccc3)n2)nn1. The van der Waals surface area contributed by atoms with Crippen molar-refractivity contribution in [2.75, 3.05) is 0 Å². The number of nitrogens with zero attached hydrogens (tertiary/aromatic N) is 6. The lowest BCUT2D eigenvalue weighted by Crippen LogP contribution is -2.07. The molecule has 0 bridgehead atoms. The Kier molecular flexibility index (Phi) is 2.88. The summed E-state index contributed by atoms with van der Waals surface area (Å²) < 4.78 is 0. The number of carboxylic acid groups (broad SMARTS) is 1. The summed E-state index contributed by atoms with van der Waals surface area (Å²) in [7, 11) is 0. The first-order valence-corrected chi connectivity index (χ1v) is 5.67. The fraction of sp³-hybridized carbons (Fsp3) is 0. The standard InChI is InChI=1S/C12H8N6O2/c19-12(20)9-6-7-10(14-13-9)18-16-11(15-17-18)8-4-2-1-3-5-8/h1-7H,(H,19,20). The summed E-state index contributed by atoms with van der Waals surface area (Å²) in [6.07, 6.45) is 0. The molecule has 20 heavy (non-hydrogen) atoms. The zero-order chi connectivity index (χ0) is 13.9. The van der Waals surface area contributed by atoms with Crippen LogP contribution in [0.1, 0.15) is 10.5 Å². The highest BCUT2D eigenvalue weighted by molar-refractivity contribution is 5.85. The maximum Gasteiger partial charge on any atom is 0.356 e. The predicted molar refractivity (Wildman–Crippen MR) is 67.1 cm³/mol. The van der Waals surface area contributed by atoms with Gasteiger partial charge in [0.2, 0.25) is 5.82 Å². The number of tetrazole rings is 1. The highest BCUT2D eigenvalue weighted by atomic mass is 16.4. The first-order chi connectivity index (χ1) is 9.74. The zero-order valence-electron chi connectivity index (χ0n) is 10.1. The largest absolute Gasteiger partial charge is 0.476 e. The summed E-state index contributed by atoms with van der Waals surface area (Å²) in [6, 6.07) is 12.2. The van der Waals surface area contributed by atoms with E-state index < -0.39 is 5.97 Å². The van der Waals surface area contributed by atoms with E-state index in [0.29, 0.717) is 11.6 Å². The summed E-state index contributed by atoms with van der Waals surface area (Å²) in [5.74, 6) is -0.389. The van der Waals surface area contributed by atoms with Gasteiger partial charge in [-0.3, -0.25) is 0 Å². The van der Waals surface area contributed by atoms with Gasteiger partial charge < -0.3 is 5.11 Å². The van der Waals surface area contributed by atoms with E-state index in [1.54, 1.807) is 0 Å². The molecule has 0 aliphatic carbocycles. The molecule has 3 aromatic rings. The molecule has 2 aromatic heterocycles. The molecule has 1 N–H and O–H groups in total. The Morgan fingerprint density at radius 3 is 2.45 bits per heavy atom. The van der Waals surface area contributed by atoms with Gasteiger partial charge in [0.05, 0.1) is 0 Å². The molecule has 0 unspecified atom stereocenters. The van der Waals surface area contributed by atoms with Crippen molar-refractivity contribution in [3.8, 4) is 17.2 Å². The van der Waals surface area contributed by atoms with Crippen LogP contribution in [-0.2, 0) is 0 Å². The molecular formula is C12H8N6O2. The number of rotatable bonds is 3. The topological polar surface area (TPSA) is 107 Å². The molecular weight excluding hydrogens is 260 g/mol. The fourth-order valence-electron chi connectivity index (χ4n) is 1.56. The van der Waals surface area contributed by atoms with Crippen LogP contribution in [0, 0.1) is 0 Å². The summed E-state index contributed by atoms with van der Waals surface area (Å²) in [5, 5.41) is 28.0. The van der Waals surface area contributed by atoms with Crippen molar-refractivity contribution in [2.24, 2.45) is 0 Å². The van der Waals surface area contributed by atoms with E-state index in [0.717, 1.165) is 5.56 Å². The van der Waals surface area contributed by atoms with E-state index in [-0.39, 0.29) is 5.69 Å². The average molecular weight is 268 g/mol. The average Bonchev–Trinajstić information content (AvgIpc) is 2.98. The minimum absolute atomic E-state index is 0.142. The molecule has 2 heterocycles. The fourth-order valence-corrected chi connectivity index (χ4v) is 1.56. The number of aromatic carboxylic acids is 1. The molecule has 0 saturated heterocycles. The monoisotopic (exact) mass is 268 g/mol. The van der Waals surface area contributed by atoms with Gasteiger partial charge in [-0.15, -0.1) is 25.2 Å². The third-order valence-corrected chi connectivity index (χ3v) is 2.52. The van der Waals surface area contributed by atoms with Gasteiger partial charge in [0.1, 0.15) is 0 Å². The second kappa shape index (κ2) is 4.84. The highest BCUT2D eigenvalue weighted by Crippen LogP contribution is 2.12. The van der Waals surface area contributed by atoms with E-state index in [4.69, 9.17) is 5.11 Å². The van der Waals surface area contributed by atoms with Crippen LogP contribution in [0.4, 0.5) is 0 Å². The van der Waals surface area contributed by atoms with Crippen LogP contribution in [0.15, 0.2) is 42.5 Å². The van der Waals surface area contributed by atoms with Gasteiger partial charge in [-0.1, -0.05) is 30.3 Å². The lowest BCUT2D eigenvalue weighted by Gasteiger charge is -1.96. The van der Waals surface area contributed by atoms with Crippen LogP contribution in [0.5, 0.6) is 0 Å². The molecule has 1 aromatic carbocycles. The minimum Gasteiger partial charge on any atom is -0.476 e. The molecule has 0 atom stereocenters. The number of hydrogen-bond donors (Lipinski definition) is 1. The van der Waals surface area contributed by atoms with Crippen molar-refractivity contribution < 1.29 is 9.90 Å².